The van der Waals surface area contributed by atoms with E-state index in [-0.39, 0.29) is 11.9 Å². The van der Waals surface area contributed by atoms with Gasteiger partial charge in [-0.1, -0.05) is 6.07 Å². The van der Waals surface area contributed by atoms with Crippen molar-refractivity contribution >= 4 is 28.3 Å². The van der Waals surface area contributed by atoms with Gasteiger partial charge in [-0.2, -0.15) is 5.10 Å². The van der Waals surface area contributed by atoms with Crippen LogP contribution in [0.5, 0.6) is 0 Å². The number of nitrogens with one attached hydrogen (secondary N) is 2. The van der Waals surface area contributed by atoms with Crippen LogP contribution in [-0.4, -0.2) is 49.8 Å². The lowest BCUT2D eigenvalue weighted by Gasteiger charge is -2.34. The number of fused-ring (bicyclic) bond motifs is 1. The van der Waals surface area contributed by atoms with Gasteiger partial charge >= 0.3 is 0 Å². The number of aromatic amines is 1. The average molecular weight is 431 g/mol. The van der Waals surface area contributed by atoms with Crippen LogP contribution in [-0.2, 0) is 6.54 Å². The van der Waals surface area contributed by atoms with Crippen molar-refractivity contribution in [3.63, 3.8) is 0 Å². The van der Waals surface area contributed by atoms with E-state index in [2.05, 4.69) is 30.3 Å². The topological polar surface area (TPSA) is 118 Å². The molecule has 0 aliphatic carbocycles. The van der Waals surface area contributed by atoms with Gasteiger partial charge in [-0.25, -0.2) is 4.98 Å². The average Bonchev–Trinajstić information content (AvgIpc) is 3.42. The van der Waals surface area contributed by atoms with Gasteiger partial charge in [0, 0.05) is 50.1 Å². The second kappa shape index (κ2) is 8.43. The molecule has 4 aromatic heterocycles. The molecule has 4 aromatic rings. The van der Waals surface area contributed by atoms with E-state index in [1.165, 1.54) is 0 Å². The molecule has 5 heterocycles. The number of aromatic nitrogens is 5. The largest absolute Gasteiger partial charge is 0.369 e. The van der Waals surface area contributed by atoms with Gasteiger partial charge in [0.1, 0.15) is 5.65 Å². The van der Waals surface area contributed by atoms with Crippen molar-refractivity contribution in [3.05, 3.63) is 66.0 Å². The summed E-state index contributed by atoms with van der Waals surface area (Å²) in [6.07, 6.45) is 12.6. The second-order valence-electron chi connectivity index (χ2n) is 8.31. The number of hydrogen-bond acceptors (Lipinski definition) is 6. The number of amides is 1. The van der Waals surface area contributed by atoms with E-state index >= 15 is 0 Å². The van der Waals surface area contributed by atoms with Gasteiger partial charge < -0.3 is 20.9 Å². The number of nitrogens with two attached hydrogens (primary N) is 1. The van der Waals surface area contributed by atoms with Gasteiger partial charge in [-0.15, -0.1) is 0 Å². The Morgan fingerprint density at radius 3 is 3.06 bits per heavy atom. The Morgan fingerprint density at radius 2 is 2.25 bits per heavy atom. The zero-order valence-electron chi connectivity index (χ0n) is 18.0. The number of aryl methyl sites for hydroxylation is 1. The normalized spacial score (nSPS) is 16.4. The van der Waals surface area contributed by atoms with E-state index in [1.54, 1.807) is 35.7 Å². The molecule has 9 heteroatoms. The Balaban J connectivity index is 1.41. The summed E-state index contributed by atoms with van der Waals surface area (Å²) in [6.45, 7) is 4.33. The van der Waals surface area contributed by atoms with Crippen molar-refractivity contribution in [2.24, 2.45) is 5.73 Å². The quantitative estimate of drug-likeness (QED) is 0.448. The molecule has 1 saturated heterocycles. The minimum absolute atomic E-state index is 0.147. The number of rotatable bonds is 5. The van der Waals surface area contributed by atoms with Gasteiger partial charge in [-0.3, -0.25) is 14.5 Å². The molecule has 32 heavy (non-hydrogen) atoms. The molecular weight excluding hydrogens is 404 g/mol. The van der Waals surface area contributed by atoms with Crippen LogP contribution in [0.25, 0.3) is 11.0 Å². The molecular formula is C23H26N8O. The summed E-state index contributed by atoms with van der Waals surface area (Å²) in [5.41, 5.74) is 11.3. The van der Waals surface area contributed by atoms with Crippen molar-refractivity contribution in [3.8, 4) is 0 Å². The fraction of sp³-hybridized carbons (Fsp3) is 0.304. The predicted molar refractivity (Wildman–Crippen MR) is 124 cm³/mol. The molecule has 164 valence electrons. The first kappa shape index (κ1) is 20.2. The van der Waals surface area contributed by atoms with Gasteiger partial charge in [0.15, 0.2) is 0 Å². The number of H-pyrrole nitrogens is 1. The smallest absolute Gasteiger partial charge is 0.258 e. The van der Waals surface area contributed by atoms with Crippen LogP contribution in [0.2, 0.25) is 0 Å². The van der Waals surface area contributed by atoms with Crippen molar-refractivity contribution in [2.75, 3.05) is 23.3 Å². The molecule has 5 rings (SSSR count). The highest BCUT2D eigenvalue weighted by molar-refractivity contribution is 6.11. The fourth-order valence-electron chi connectivity index (χ4n) is 4.33. The highest BCUT2D eigenvalue weighted by Crippen LogP contribution is 2.36. The molecule has 9 nitrogen and oxygen atoms in total. The Kier molecular flexibility index (Phi) is 5.32. The first-order valence-electron chi connectivity index (χ1n) is 10.8. The maximum atomic E-state index is 13.0. The third kappa shape index (κ3) is 3.94. The first-order chi connectivity index (χ1) is 15.6. The van der Waals surface area contributed by atoms with Crippen LogP contribution in [0.4, 0.5) is 11.4 Å². The Bertz CT molecular complexity index is 1250. The molecule has 0 bridgehead atoms. The Hall–Kier alpha value is -3.72. The molecule has 4 N–H and O–H groups in total. The molecule has 0 aromatic carbocycles. The van der Waals surface area contributed by atoms with E-state index in [0.717, 1.165) is 53.8 Å². The zero-order chi connectivity index (χ0) is 22.1. The van der Waals surface area contributed by atoms with Gasteiger partial charge in [0.2, 0.25) is 0 Å². The molecule has 0 unspecified atom stereocenters. The van der Waals surface area contributed by atoms with E-state index in [4.69, 9.17) is 5.73 Å². The van der Waals surface area contributed by atoms with E-state index in [9.17, 15) is 4.79 Å². The molecule has 0 radical (unpaired) electrons. The Labute approximate surface area is 185 Å². The van der Waals surface area contributed by atoms with Crippen molar-refractivity contribution in [1.29, 1.82) is 0 Å². The SMILES string of the molecule is Cc1cnc2[nH]cc(NC(=O)c3cnn(Cc4cccnc4)c3)c2c1N1CCC[C@@H](N)C1. The van der Waals surface area contributed by atoms with Crippen LogP contribution in [0.15, 0.2) is 49.3 Å². The summed E-state index contributed by atoms with van der Waals surface area (Å²) < 4.78 is 1.73. The summed E-state index contributed by atoms with van der Waals surface area (Å²) >= 11 is 0. The monoisotopic (exact) mass is 430 g/mol. The van der Waals surface area contributed by atoms with Gasteiger partial charge in [0.05, 0.1) is 35.1 Å². The molecule has 0 spiro atoms. The van der Waals surface area contributed by atoms with Crippen LogP contribution in [0, 0.1) is 6.92 Å². The number of hydrogen-bond donors (Lipinski definition) is 3. The third-order valence-corrected chi connectivity index (χ3v) is 5.84. The highest BCUT2D eigenvalue weighted by atomic mass is 16.1. The number of piperidine rings is 1. The fourth-order valence-corrected chi connectivity index (χ4v) is 4.33. The lowest BCUT2D eigenvalue weighted by atomic mass is 10.0. The predicted octanol–water partition coefficient (Wildman–Crippen LogP) is 2.69. The number of pyridine rings is 2. The first-order valence-corrected chi connectivity index (χ1v) is 10.8. The lowest BCUT2D eigenvalue weighted by Crippen LogP contribution is -2.43. The molecule has 1 aliphatic rings. The minimum atomic E-state index is -0.217. The van der Waals surface area contributed by atoms with E-state index in [1.807, 2.05) is 25.3 Å². The standard InChI is InChI=1S/C23H26N8O/c1-15-8-26-22-20(21(15)30-7-3-5-18(24)14-30)19(11-27-22)29-23(32)17-10-28-31(13-17)12-16-4-2-6-25-9-16/h2,4,6,8-11,13,18H,3,5,7,12,14,24H2,1H3,(H,26,27)(H,29,32)/t18-/m1/s1. The van der Waals surface area contributed by atoms with Crippen LogP contribution in [0.1, 0.15) is 34.3 Å². The molecule has 1 fully saturated rings. The molecule has 1 amide bonds. The summed E-state index contributed by atoms with van der Waals surface area (Å²) in [4.78, 5) is 27.1. The summed E-state index contributed by atoms with van der Waals surface area (Å²) in [5.74, 6) is -0.217. The van der Waals surface area contributed by atoms with E-state index < -0.39 is 0 Å². The summed E-state index contributed by atoms with van der Waals surface area (Å²) in [6, 6.07) is 4.00. The number of nitrogens with zero attached hydrogens (tertiary/aromatic N) is 5. The number of anilines is 2. The van der Waals surface area contributed by atoms with Gasteiger partial charge in [-0.05, 0) is 37.0 Å². The van der Waals surface area contributed by atoms with Gasteiger partial charge in [0.25, 0.3) is 5.91 Å². The van der Waals surface area contributed by atoms with Crippen molar-refractivity contribution in [2.45, 2.75) is 32.4 Å². The number of carbonyl (C=O) groups is 1. The minimum Gasteiger partial charge on any atom is -0.369 e. The van der Waals surface area contributed by atoms with Crippen molar-refractivity contribution < 1.29 is 4.79 Å². The Morgan fingerprint density at radius 1 is 1.34 bits per heavy atom. The number of carbonyl (C=O) groups excluding carboxylic acids is 1. The maximum absolute atomic E-state index is 13.0. The molecule has 1 aliphatic heterocycles. The van der Waals surface area contributed by atoms with Crippen molar-refractivity contribution in [1.82, 2.24) is 24.7 Å². The van der Waals surface area contributed by atoms with Crippen LogP contribution < -0.4 is 16.0 Å². The third-order valence-electron chi connectivity index (χ3n) is 5.84. The maximum Gasteiger partial charge on any atom is 0.258 e. The zero-order valence-corrected chi connectivity index (χ0v) is 18.0. The summed E-state index contributed by atoms with van der Waals surface area (Å²) in [7, 11) is 0. The molecule has 0 saturated carbocycles. The summed E-state index contributed by atoms with van der Waals surface area (Å²) in [5, 5.41) is 8.28. The second-order valence-corrected chi connectivity index (χ2v) is 8.31. The van der Waals surface area contributed by atoms with E-state index in [0.29, 0.717) is 17.8 Å². The highest BCUT2D eigenvalue weighted by Gasteiger charge is 2.23. The lowest BCUT2D eigenvalue weighted by molar-refractivity contribution is 0.102. The molecule has 1 atom stereocenters. The van der Waals surface area contributed by atoms with Crippen LogP contribution in [0.3, 0.4) is 0 Å². The van der Waals surface area contributed by atoms with Crippen LogP contribution >= 0.6 is 0 Å².